The molecular formula is C8H10ClNO2S. The number of rotatable bonds is 1. The first-order valence-corrected chi connectivity index (χ1v) is 4.69. The normalized spacial score (nSPS) is 20.2. The molecule has 0 aromatic carbocycles. The Labute approximate surface area is 86.2 Å². The average Bonchev–Trinajstić information content (AvgIpc) is 2.49. The standard InChI is InChI=1S/C8H9NO2S.ClH/c10-8(11)7-5-2-4-12-6(5)1-3-9-7;/h2,4,7,9H,1,3H2,(H,10,11);1H. The molecule has 5 heteroatoms. The van der Waals surface area contributed by atoms with E-state index in [0.717, 1.165) is 18.5 Å². The topological polar surface area (TPSA) is 49.3 Å². The van der Waals surface area contributed by atoms with Crippen molar-refractivity contribution in [1.82, 2.24) is 5.32 Å². The molecule has 0 spiro atoms. The van der Waals surface area contributed by atoms with Crippen molar-refractivity contribution in [3.8, 4) is 0 Å². The molecule has 0 amide bonds. The van der Waals surface area contributed by atoms with Gasteiger partial charge in [-0.3, -0.25) is 4.79 Å². The molecule has 2 rings (SSSR count). The van der Waals surface area contributed by atoms with Crippen LogP contribution in [0.25, 0.3) is 0 Å². The number of hydrogen-bond donors (Lipinski definition) is 2. The number of nitrogens with one attached hydrogen (secondary N) is 1. The molecule has 1 atom stereocenters. The van der Waals surface area contributed by atoms with E-state index < -0.39 is 12.0 Å². The molecule has 1 aromatic rings. The summed E-state index contributed by atoms with van der Waals surface area (Å²) in [6.45, 7) is 0.768. The summed E-state index contributed by atoms with van der Waals surface area (Å²) in [7, 11) is 0. The second kappa shape index (κ2) is 4.09. The second-order valence-electron chi connectivity index (χ2n) is 2.77. The Morgan fingerprint density at radius 3 is 3.15 bits per heavy atom. The van der Waals surface area contributed by atoms with Gasteiger partial charge in [0.1, 0.15) is 6.04 Å². The Kier molecular flexibility index (Phi) is 3.30. The van der Waals surface area contributed by atoms with Gasteiger partial charge in [0.25, 0.3) is 0 Å². The van der Waals surface area contributed by atoms with Gasteiger partial charge in [-0.2, -0.15) is 0 Å². The van der Waals surface area contributed by atoms with E-state index in [1.807, 2.05) is 11.4 Å². The lowest BCUT2D eigenvalue weighted by Gasteiger charge is -2.20. The molecule has 72 valence electrons. The monoisotopic (exact) mass is 219 g/mol. The Hall–Kier alpha value is -0.580. The largest absolute Gasteiger partial charge is 0.480 e. The van der Waals surface area contributed by atoms with Crippen LogP contribution in [0.5, 0.6) is 0 Å². The Morgan fingerprint density at radius 1 is 1.69 bits per heavy atom. The SMILES string of the molecule is Cl.O=C(O)C1NCCc2sccc21. The Balaban J connectivity index is 0.000000845. The van der Waals surface area contributed by atoms with Gasteiger partial charge in [0, 0.05) is 11.4 Å². The zero-order valence-electron chi connectivity index (χ0n) is 6.82. The van der Waals surface area contributed by atoms with E-state index in [2.05, 4.69) is 5.32 Å². The maximum atomic E-state index is 10.8. The summed E-state index contributed by atoms with van der Waals surface area (Å²) >= 11 is 1.64. The van der Waals surface area contributed by atoms with E-state index in [0.29, 0.717) is 0 Å². The molecule has 0 fully saturated rings. The van der Waals surface area contributed by atoms with Crippen molar-refractivity contribution in [1.29, 1.82) is 0 Å². The van der Waals surface area contributed by atoms with Gasteiger partial charge in [-0.1, -0.05) is 0 Å². The minimum absolute atomic E-state index is 0. The smallest absolute Gasteiger partial charge is 0.325 e. The number of halogens is 1. The summed E-state index contributed by atoms with van der Waals surface area (Å²) in [4.78, 5) is 12.0. The lowest BCUT2D eigenvalue weighted by atomic mass is 10.0. The number of thiophene rings is 1. The van der Waals surface area contributed by atoms with Gasteiger partial charge < -0.3 is 10.4 Å². The molecule has 0 radical (unpaired) electrons. The molecule has 3 nitrogen and oxygen atoms in total. The van der Waals surface area contributed by atoms with Crippen LogP contribution < -0.4 is 5.32 Å². The van der Waals surface area contributed by atoms with Crippen molar-refractivity contribution in [3.05, 3.63) is 21.9 Å². The number of carboxylic acid groups (broad SMARTS) is 1. The van der Waals surface area contributed by atoms with E-state index in [4.69, 9.17) is 5.11 Å². The third kappa shape index (κ3) is 1.85. The average molecular weight is 220 g/mol. The predicted molar refractivity (Wildman–Crippen MR) is 53.7 cm³/mol. The molecule has 0 saturated carbocycles. The van der Waals surface area contributed by atoms with Crippen LogP contribution in [0.4, 0.5) is 0 Å². The third-order valence-corrected chi connectivity index (χ3v) is 3.03. The summed E-state index contributed by atoms with van der Waals surface area (Å²) < 4.78 is 0. The van der Waals surface area contributed by atoms with Crippen molar-refractivity contribution < 1.29 is 9.90 Å². The highest BCUT2D eigenvalue weighted by molar-refractivity contribution is 7.10. The van der Waals surface area contributed by atoms with Crippen molar-refractivity contribution >= 4 is 29.7 Å². The van der Waals surface area contributed by atoms with Gasteiger partial charge in [0.05, 0.1) is 0 Å². The fourth-order valence-corrected chi connectivity index (χ4v) is 2.39. The molecule has 1 aliphatic rings. The molecule has 0 aliphatic carbocycles. The molecule has 2 N–H and O–H groups in total. The molecule has 2 heterocycles. The predicted octanol–water partition coefficient (Wildman–Crippen LogP) is 1.44. The van der Waals surface area contributed by atoms with Crippen molar-refractivity contribution in [3.63, 3.8) is 0 Å². The van der Waals surface area contributed by atoms with E-state index in [9.17, 15) is 4.79 Å². The zero-order chi connectivity index (χ0) is 8.55. The molecule has 0 bridgehead atoms. The molecule has 1 aromatic heterocycles. The summed E-state index contributed by atoms with van der Waals surface area (Å²) in [5.41, 5.74) is 0.943. The van der Waals surface area contributed by atoms with Gasteiger partial charge in [-0.05, 0) is 23.4 Å². The highest BCUT2D eigenvalue weighted by Gasteiger charge is 2.25. The summed E-state index contributed by atoms with van der Waals surface area (Å²) in [5, 5.41) is 13.8. The van der Waals surface area contributed by atoms with Crippen LogP contribution >= 0.6 is 23.7 Å². The van der Waals surface area contributed by atoms with Crippen molar-refractivity contribution in [2.75, 3.05) is 6.54 Å². The maximum Gasteiger partial charge on any atom is 0.325 e. The fourth-order valence-electron chi connectivity index (χ4n) is 1.47. The zero-order valence-corrected chi connectivity index (χ0v) is 8.45. The number of carboxylic acids is 1. The minimum Gasteiger partial charge on any atom is -0.480 e. The van der Waals surface area contributed by atoms with Crippen LogP contribution in [0.2, 0.25) is 0 Å². The Morgan fingerprint density at radius 2 is 2.46 bits per heavy atom. The molecule has 1 aliphatic heterocycles. The first-order chi connectivity index (χ1) is 5.79. The Bertz CT molecular complexity index is 313. The van der Waals surface area contributed by atoms with Gasteiger partial charge in [-0.25, -0.2) is 0 Å². The summed E-state index contributed by atoms with van der Waals surface area (Å²) in [6.07, 6.45) is 0.955. The first-order valence-electron chi connectivity index (χ1n) is 3.81. The molecule has 0 saturated heterocycles. The van der Waals surface area contributed by atoms with Crippen molar-refractivity contribution in [2.45, 2.75) is 12.5 Å². The van der Waals surface area contributed by atoms with Gasteiger partial charge in [-0.15, -0.1) is 23.7 Å². The lowest BCUT2D eigenvalue weighted by molar-refractivity contribution is -0.139. The molecular weight excluding hydrogens is 210 g/mol. The number of hydrogen-bond acceptors (Lipinski definition) is 3. The van der Waals surface area contributed by atoms with E-state index in [1.165, 1.54) is 4.88 Å². The van der Waals surface area contributed by atoms with Crippen LogP contribution in [0.3, 0.4) is 0 Å². The number of carbonyl (C=O) groups is 1. The maximum absolute atomic E-state index is 10.8. The van der Waals surface area contributed by atoms with E-state index in [1.54, 1.807) is 11.3 Å². The van der Waals surface area contributed by atoms with Gasteiger partial charge >= 0.3 is 5.97 Å². The third-order valence-electron chi connectivity index (χ3n) is 2.04. The first kappa shape index (κ1) is 10.5. The fraction of sp³-hybridized carbons (Fsp3) is 0.375. The highest BCUT2D eigenvalue weighted by Crippen LogP contribution is 2.27. The van der Waals surface area contributed by atoms with Crippen LogP contribution in [0, 0.1) is 0 Å². The van der Waals surface area contributed by atoms with Crippen LogP contribution in [-0.4, -0.2) is 17.6 Å². The molecule has 1 unspecified atom stereocenters. The molecule has 13 heavy (non-hydrogen) atoms. The highest BCUT2D eigenvalue weighted by atomic mass is 35.5. The van der Waals surface area contributed by atoms with Gasteiger partial charge in [0.2, 0.25) is 0 Å². The van der Waals surface area contributed by atoms with Crippen molar-refractivity contribution in [2.24, 2.45) is 0 Å². The minimum atomic E-state index is -0.783. The lowest BCUT2D eigenvalue weighted by Crippen LogP contribution is -2.33. The summed E-state index contributed by atoms with van der Waals surface area (Å²) in [6, 6.07) is 1.41. The summed E-state index contributed by atoms with van der Waals surface area (Å²) in [5.74, 6) is -0.783. The van der Waals surface area contributed by atoms with Crippen LogP contribution in [0.1, 0.15) is 16.5 Å². The van der Waals surface area contributed by atoms with Crippen LogP contribution in [-0.2, 0) is 11.2 Å². The van der Waals surface area contributed by atoms with E-state index >= 15 is 0 Å². The second-order valence-corrected chi connectivity index (χ2v) is 3.78. The van der Waals surface area contributed by atoms with Crippen LogP contribution in [0.15, 0.2) is 11.4 Å². The van der Waals surface area contributed by atoms with Gasteiger partial charge in [0.15, 0.2) is 0 Å². The number of fused-ring (bicyclic) bond motifs is 1. The quantitative estimate of drug-likeness (QED) is 0.752. The van der Waals surface area contributed by atoms with E-state index in [-0.39, 0.29) is 12.4 Å². The number of aliphatic carboxylic acids is 1.